The molecule has 2 N–H and O–H groups in total. The zero-order chi connectivity index (χ0) is 24.3. The van der Waals surface area contributed by atoms with Crippen LogP contribution in [-0.4, -0.2) is 5.91 Å². The minimum atomic E-state index is -1.61. The quantitative estimate of drug-likeness (QED) is 0.528. The monoisotopic (exact) mass is 493 g/mol. The lowest BCUT2D eigenvalue weighted by molar-refractivity contribution is -0.120. The number of nitriles is 2. The van der Waals surface area contributed by atoms with Crippen LogP contribution in [0, 0.1) is 22.7 Å². The third-order valence-corrected chi connectivity index (χ3v) is 8.02. The molecule has 3 heterocycles. The topological polar surface area (TPSA) is 97.1 Å². The van der Waals surface area contributed by atoms with Crippen LogP contribution in [-0.2, 0) is 16.8 Å². The summed E-state index contributed by atoms with van der Waals surface area (Å²) >= 11 is 7.44. The van der Waals surface area contributed by atoms with Gasteiger partial charge in [0.2, 0.25) is 5.91 Å². The van der Waals surface area contributed by atoms with E-state index in [-0.39, 0.29) is 29.4 Å². The summed E-state index contributed by atoms with van der Waals surface area (Å²) in [6.45, 7) is 0.262. The Kier molecular flexibility index (Phi) is 4.69. The van der Waals surface area contributed by atoms with E-state index in [1.54, 1.807) is 28.0 Å². The van der Waals surface area contributed by atoms with Crippen molar-refractivity contribution in [3.8, 4) is 12.1 Å². The molecule has 1 spiro atoms. The maximum absolute atomic E-state index is 14.4. The van der Waals surface area contributed by atoms with Crippen LogP contribution in [0.25, 0.3) is 0 Å². The zero-order valence-corrected chi connectivity index (χ0v) is 19.8. The zero-order valence-electron chi connectivity index (χ0n) is 18.2. The molecule has 0 radical (unpaired) electrons. The van der Waals surface area contributed by atoms with Gasteiger partial charge in [0, 0.05) is 21.2 Å². The van der Waals surface area contributed by atoms with Crippen LogP contribution >= 0.6 is 23.4 Å². The summed E-state index contributed by atoms with van der Waals surface area (Å²) in [6, 6.07) is 26.7. The van der Waals surface area contributed by atoms with Crippen molar-refractivity contribution in [1.82, 2.24) is 0 Å². The van der Waals surface area contributed by atoms with E-state index in [1.807, 2.05) is 54.6 Å². The molecule has 3 aliphatic heterocycles. The van der Waals surface area contributed by atoms with E-state index in [0.717, 1.165) is 16.1 Å². The molecule has 3 aliphatic rings. The number of fused-ring (bicyclic) bond motifs is 5. The molecule has 6 nitrogen and oxygen atoms in total. The Bertz CT molecular complexity index is 1580. The fourth-order valence-electron chi connectivity index (χ4n) is 5.12. The standard InChI is InChI=1S/C27H16ClN5OS/c28-17-11-9-16(10-12-17)15-32-21-6-2-1-5-18(21)27(26(32)34)19(13-29)24(31)33-22-7-3-4-8-23(22)35-25(33)20(27)14-30/h1-12H,15,31H2/t27-/m1/s1. The first-order valence-electron chi connectivity index (χ1n) is 10.8. The molecule has 0 saturated carbocycles. The van der Waals surface area contributed by atoms with E-state index < -0.39 is 5.41 Å². The molecular formula is C27H16ClN5OS. The molecule has 0 unspecified atom stereocenters. The summed E-state index contributed by atoms with van der Waals surface area (Å²) in [6.07, 6.45) is 0. The van der Waals surface area contributed by atoms with Crippen LogP contribution in [0.4, 0.5) is 11.4 Å². The second-order valence-electron chi connectivity index (χ2n) is 8.35. The Labute approximate surface area is 211 Å². The van der Waals surface area contributed by atoms with Crippen LogP contribution in [0.15, 0.2) is 99.7 Å². The van der Waals surface area contributed by atoms with E-state index in [9.17, 15) is 15.3 Å². The van der Waals surface area contributed by atoms with Crippen LogP contribution in [0.5, 0.6) is 0 Å². The number of hydrogen-bond acceptors (Lipinski definition) is 6. The van der Waals surface area contributed by atoms with Crippen molar-refractivity contribution < 1.29 is 4.79 Å². The van der Waals surface area contributed by atoms with Crippen molar-refractivity contribution >= 4 is 40.6 Å². The summed E-state index contributed by atoms with van der Waals surface area (Å²) < 4.78 is 0. The van der Waals surface area contributed by atoms with Crippen molar-refractivity contribution in [2.45, 2.75) is 16.9 Å². The van der Waals surface area contributed by atoms with Gasteiger partial charge in [-0.1, -0.05) is 65.8 Å². The molecule has 168 valence electrons. The third kappa shape index (κ3) is 2.74. The van der Waals surface area contributed by atoms with Crippen molar-refractivity contribution in [3.63, 3.8) is 0 Å². The Morgan fingerprint density at radius 3 is 2.29 bits per heavy atom. The highest BCUT2D eigenvalue weighted by molar-refractivity contribution is 8.03. The smallest absolute Gasteiger partial charge is 0.248 e. The Hall–Kier alpha value is -4.17. The highest BCUT2D eigenvalue weighted by Crippen LogP contribution is 2.60. The lowest BCUT2D eigenvalue weighted by Crippen LogP contribution is -2.48. The van der Waals surface area contributed by atoms with Crippen LogP contribution in [0.2, 0.25) is 5.02 Å². The average molecular weight is 494 g/mol. The van der Waals surface area contributed by atoms with Crippen LogP contribution in [0.3, 0.4) is 0 Å². The molecule has 0 saturated heterocycles. The van der Waals surface area contributed by atoms with Crippen molar-refractivity contribution in [3.05, 3.63) is 111 Å². The Morgan fingerprint density at radius 2 is 1.57 bits per heavy atom. The minimum Gasteiger partial charge on any atom is -0.384 e. The van der Waals surface area contributed by atoms with E-state index in [0.29, 0.717) is 21.3 Å². The van der Waals surface area contributed by atoms with Crippen LogP contribution < -0.4 is 15.5 Å². The first-order chi connectivity index (χ1) is 17.0. The largest absolute Gasteiger partial charge is 0.384 e. The normalized spacial score (nSPS) is 20.0. The third-order valence-electron chi connectivity index (χ3n) is 6.62. The van der Waals surface area contributed by atoms with Gasteiger partial charge in [-0.25, -0.2) is 0 Å². The van der Waals surface area contributed by atoms with E-state index in [2.05, 4.69) is 12.1 Å². The molecule has 0 bridgehead atoms. The molecule has 6 rings (SSSR count). The van der Waals surface area contributed by atoms with Gasteiger partial charge in [-0.15, -0.1) is 0 Å². The Morgan fingerprint density at radius 1 is 0.914 bits per heavy atom. The van der Waals surface area contributed by atoms with Gasteiger partial charge in [-0.2, -0.15) is 10.5 Å². The number of nitrogens with two attached hydrogens (primary N) is 1. The highest BCUT2D eigenvalue weighted by atomic mass is 35.5. The molecule has 1 atom stereocenters. The molecule has 0 aromatic heterocycles. The number of carbonyl (C=O) groups excluding carboxylic acids is 1. The van der Waals surface area contributed by atoms with Crippen LogP contribution in [0.1, 0.15) is 11.1 Å². The summed E-state index contributed by atoms with van der Waals surface area (Å²) in [7, 11) is 0. The molecule has 3 aromatic rings. The second-order valence-corrected chi connectivity index (χ2v) is 9.82. The van der Waals surface area contributed by atoms with Gasteiger partial charge < -0.3 is 10.6 Å². The van der Waals surface area contributed by atoms with Gasteiger partial charge in [0.15, 0.2) is 5.41 Å². The number of thioether (sulfide) groups is 1. The van der Waals surface area contributed by atoms with Gasteiger partial charge in [-0.05, 0) is 35.9 Å². The molecule has 3 aromatic carbocycles. The highest BCUT2D eigenvalue weighted by Gasteiger charge is 2.61. The molecular weight excluding hydrogens is 478 g/mol. The number of carbonyl (C=O) groups is 1. The number of halogens is 1. The van der Waals surface area contributed by atoms with Crippen molar-refractivity contribution in [1.29, 1.82) is 10.5 Å². The number of para-hydroxylation sites is 2. The maximum Gasteiger partial charge on any atom is 0.248 e. The SMILES string of the molecule is N#CC1=C(N)N2C(=C(C#N)[C@]13C(=O)N(Cc1ccc(Cl)cc1)c1ccccc13)Sc1ccccc12. The number of nitrogens with zero attached hydrogens (tertiary/aromatic N) is 4. The molecule has 0 aliphatic carbocycles. The predicted octanol–water partition coefficient (Wildman–Crippen LogP) is 5.18. The van der Waals surface area contributed by atoms with Gasteiger partial charge >= 0.3 is 0 Å². The van der Waals surface area contributed by atoms with Gasteiger partial charge in [-0.3, -0.25) is 9.69 Å². The predicted molar refractivity (Wildman–Crippen MR) is 135 cm³/mol. The first-order valence-corrected chi connectivity index (χ1v) is 12.0. The molecule has 35 heavy (non-hydrogen) atoms. The fraction of sp³-hybridized carbons (Fsp3) is 0.0741. The van der Waals surface area contributed by atoms with Crippen molar-refractivity contribution in [2.24, 2.45) is 5.73 Å². The number of amides is 1. The summed E-state index contributed by atoms with van der Waals surface area (Å²) in [4.78, 5) is 18.7. The minimum absolute atomic E-state index is 0.0613. The average Bonchev–Trinajstić information content (AvgIpc) is 3.37. The number of rotatable bonds is 2. The van der Waals surface area contributed by atoms with E-state index in [4.69, 9.17) is 17.3 Å². The summed E-state index contributed by atoms with van der Waals surface area (Å²) in [5, 5.41) is 22.0. The van der Waals surface area contributed by atoms with Gasteiger partial charge in [0.25, 0.3) is 0 Å². The van der Waals surface area contributed by atoms with Gasteiger partial charge in [0.1, 0.15) is 16.9 Å². The maximum atomic E-state index is 14.4. The lowest BCUT2D eigenvalue weighted by Gasteiger charge is -2.37. The number of hydrogen-bond donors (Lipinski definition) is 1. The van der Waals surface area contributed by atoms with E-state index >= 15 is 0 Å². The first kappa shape index (κ1) is 21.4. The summed E-state index contributed by atoms with van der Waals surface area (Å²) in [5.74, 6) is -0.205. The van der Waals surface area contributed by atoms with Crippen molar-refractivity contribution in [2.75, 3.05) is 9.80 Å². The second kappa shape index (κ2) is 7.68. The lowest BCUT2D eigenvalue weighted by atomic mass is 9.68. The number of anilines is 2. The van der Waals surface area contributed by atoms with Gasteiger partial charge in [0.05, 0.1) is 29.4 Å². The fourth-order valence-corrected chi connectivity index (χ4v) is 6.45. The molecule has 0 fully saturated rings. The molecule has 1 amide bonds. The van der Waals surface area contributed by atoms with E-state index in [1.165, 1.54) is 11.8 Å². The molecule has 8 heteroatoms. The number of benzene rings is 3. The summed E-state index contributed by atoms with van der Waals surface area (Å²) in [5.41, 5.74) is 8.18. The Balaban J connectivity index is 1.61.